The lowest BCUT2D eigenvalue weighted by Gasteiger charge is -2.28. The van der Waals surface area contributed by atoms with Crippen molar-refractivity contribution in [3.05, 3.63) is 36.4 Å². The Hall–Kier alpha value is -5.53. The summed E-state index contributed by atoms with van der Waals surface area (Å²) in [6, 6.07) is -6.27. The molecule has 1 saturated heterocycles. The van der Waals surface area contributed by atoms with Crippen LogP contribution in [-0.4, -0.2) is 116 Å². The summed E-state index contributed by atoms with van der Waals surface area (Å²) >= 11 is 0. The Bertz CT molecular complexity index is 1520. The number of amides is 6. The molecule has 20 heteroatoms. The van der Waals surface area contributed by atoms with E-state index in [0.717, 1.165) is 0 Å². The number of carbonyl (C=O) groups excluding carboxylic acids is 6. The van der Waals surface area contributed by atoms with Gasteiger partial charge in [0.1, 0.15) is 30.2 Å². The lowest BCUT2D eigenvalue weighted by Crippen LogP contribution is -2.59. The fourth-order valence-electron chi connectivity index (χ4n) is 5.78. The van der Waals surface area contributed by atoms with Gasteiger partial charge in [-0.15, -0.1) is 0 Å². The third kappa shape index (κ3) is 12.1. The standard InChI is InChI=1S/C32H52N14O6/c1-4-17(2)25(26(34)47)45-28(49)22(7-5-9-39-32(35)36)43-27(48)18(3)42-29(50)23(12-20-14-38-16-41-20)44-30(51)24-8-6-10-46(24)31(52)21(33)11-19-13-37-15-40-19/h13-18,21-25H,4-12,33H2,1-3H3,(H2,34,47)(H,37,40)(H,38,41)(H,42,50)(H,43,48)(H,44,51)(H,45,49)(H4,35,36,39)/t17-,18-,21-,22-,23-,24-,25-/m0/s1. The van der Waals surface area contributed by atoms with Gasteiger partial charge in [0.05, 0.1) is 30.1 Å². The van der Waals surface area contributed by atoms with Gasteiger partial charge in [-0.1, -0.05) is 20.3 Å². The normalized spacial score (nSPS) is 17.5. The maximum atomic E-state index is 13.6. The molecule has 2 aromatic rings. The predicted octanol–water partition coefficient (Wildman–Crippen LogP) is -3.01. The van der Waals surface area contributed by atoms with Crippen LogP contribution in [0, 0.1) is 11.3 Å². The Kier molecular flexibility index (Phi) is 15.5. The zero-order valence-electron chi connectivity index (χ0n) is 29.7. The van der Waals surface area contributed by atoms with Gasteiger partial charge in [-0.3, -0.25) is 34.2 Å². The maximum absolute atomic E-state index is 13.6. The zero-order chi connectivity index (χ0) is 38.4. The quantitative estimate of drug-likeness (QED) is 0.0370. The Balaban J connectivity index is 1.70. The topological polar surface area (TPSA) is 325 Å². The minimum absolute atomic E-state index is 0.0347. The molecule has 14 N–H and O–H groups in total. The van der Waals surface area contributed by atoms with Gasteiger partial charge >= 0.3 is 0 Å². The first kappa shape index (κ1) is 40.9. The van der Waals surface area contributed by atoms with Gasteiger partial charge in [0, 0.05) is 38.3 Å². The molecule has 52 heavy (non-hydrogen) atoms. The molecule has 2 aromatic heterocycles. The van der Waals surface area contributed by atoms with E-state index in [2.05, 4.69) is 46.5 Å². The molecule has 1 aliphatic heterocycles. The first-order chi connectivity index (χ1) is 24.7. The van der Waals surface area contributed by atoms with Crippen molar-refractivity contribution < 1.29 is 28.8 Å². The monoisotopic (exact) mass is 728 g/mol. The number of aromatic nitrogens is 4. The van der Waals surface area contributed by atoms with Crippen molar-refractivity contribution >= 4 is 41.4 Å². The number of carbonyl (C=O) groups is 6. The van der Waals surface area contributed by atoms with E-state index in [1.165, 1.54) is 24.5 Å². The molecule has 286 valence electrons. The van der Waals surface area contributed by atoms with Crippen LogP contribution < -0.4 is 43.8 Å². The molecule has 0 saturated carbocycles. The summed E-state index contributed by atoms with van der Waals surface area (Å²) in [5, 5.41) is 20.6. The Labute approximate surface area is 301 Å². The fourth-order valence-corrected chi connectivity index (χ4v) is 5.78. The number of guanidine groups is 1. The van der Waals surface area contributed by atoms with E-state index in [1.54, 1.807) is 19.3 Å². The van der Waals surface area contributed by atoms with Gasteiger partial charge in [-0.05, 0) is 38.5 Å². The van der Waals surface area contributed by atoms with E-state index in [1.807, 2.05) is 6.92 Å². The van der Waals surface area contributed by atoms with Crippen molar-refractivity contribution in [3.63, 3.8) is 0 Å². The average molecular weight is 729 g/mol. The van der Waals surface area contributed by atoms with Crippen molar-refractivity contribution in [3.8, 4) is 0 Å². The van der Waals surface area contributed by atoms with Crippen molar-refractivity contribution in [1.82, 2.24) is 51.4 Å². The summed E-state index contributed by atoms with van der Waals surface area (Å²) in [7, 11) is 0. The Morgan fingerprint density at radius 3 is 2.13 bits per heavy atom. The summed E-state index contributed by atoms with van der Waals surface area (Å²) in [6.45, 7) is 5.57. The lowest BCUT2D eigenvalue weighted by molar-refractivity contribution is -0.140. The van der Waals surface area contributed by atoms with E-state index in [4.69, 9.17) is 22.6 Å². The SMILES string of the molecule is CC[C@H](C)[C@H](NC(=O)[C@H](CCCNC(=N)N)NC(=O)[C@H](C)NC(=O)[C@H](Cc1c[nH]cn1)NC(=O)[C@@H]1CCCN1C(=O)[C@@H](N)Cc1c[nH]cn1)C(N)=O. The van der Waals surface area contributed by atoms with Crippen LogP contribution in [0.1, 0.15) is 64.3 Å². The van der Waals surface area contributed by atoms with Crippen LogP contribution in [0.15, 0.2) is 25.0 Å². The number of hydrogen-bond acceptors (Lipinski definition) is 10. The molecular formula is C32H52N14O6. The number of nitrogens with zero attached hydrogens (tertiary/aromatic N) is 3. The molecular weight excluding hydrogens is 676 g/mol. The maximum Gasteiger partial charge on any atom is 0.243 e. The van der Waals surface area contributed by atoms with Crippen LogP contribution in [0.4, 0.5) is 0 Å². The molecule has 0 aromatic carbocycles. The molecule has 20 nitrogen and oxygen atoms in total. The number of nitrogens with one attached hydrogen (secondary N) is 8. The first-order valence-electron chi connectivity index (χ1n) is 17.3. The lowest BCUT2D eigenvalue weighted by atomic mass is 9.98. The highest BCUT2D eigenvalue weighted by atomic mass is 16.2. The molecule has 1 fully saturated rings. The van der Waals surface area contributed by atoms with E-state index in [9.17, 15) is 28.8 Å². The van der Waals surface area contributed by atoms with Crippen molar-refractivity contribution in [2.75, 3.05) is 13.1 Å². The molecule has 0 bridgehead atoms. The summed E-state index contributed by atoms with van der Waals surface area (Å²) in [5.74, 6) is -4.30. The molecule has 0 unspecified atom stereocenters. The highest BCUT2D eigenvalue weighted by Crippen LogP contribution is 2.19. The van der Waals surface area contributed by atoms with Crippen molar-refractivity contribution in [2.45, 2.75) is 102 Å². The van der Waals surface area contributed by atoms with Gasteiger partial charge in [0.2, 0.25) is 35.4 Å². The number of primary amides is 1. The molecule has 6 amide bonds. The second-order valence-electron chi connectivity index (χ2n) is 12.9. The minimum atomic E-state index is -1.19. The van der Waals surface area contributed by atoms with Crippen LogP contribution in [0.5, 0.6) is 0 Å². The molecule has 3 rings (SSSR count). The molecule has 0 aliphatic carbocycles. The molecule has 3 heterocycles. The Morgan fingerprint density at radius 2 is 1.56 bits per heavy atom. The number of imidazole rings is 2. The number of nitrogens with two attached hydrogens (primary N) is 3. The molecule has 0 radical (unpaired) electrons. The van der Waals surface area contributed by atoms with Crippen LogP contribution >= 0.6 is 0 Å². The number of H-pyrrole nitrogens is 2. The van der Waals surface area contributed by atoms with Crippen LogP contribution in [-0.2, 0) is 41.6 Å². The summed E-state index contributed by atoms with van der Waals surface area (Å²) in [5.41, 5.74) is 18.1. The summed E-state index contributed by atoms with van der Waals surface area (Å²) in [4.78, 5) is 94.5. The highest BCUT2D eigenvalue weighted by Gasteiger charge is 2.38. The van der Waals surface area contributed by atoms with Crippen LogP contribution in [0.25, 0.3) is 0 Å². The van der Waals surface area contributed by atoms with E-state index < -0.39 is 71.7 Å². The summed E-state index contributed by atoms with van der Waals surface area (Å²) < 4.78 is 0. The van der Waals surface area contributed by atoms with Crippen LogP contribution in [0.2, 0.25) is 0 Å². The highest BCUT2D eigenvalue weighted by molar-refractivity contribution is 5.96. The third-order valence-electron chi connectivity index (χ3n) is 8.93. The molecule has 0 spiro atoms. The molecule has 7 atom stereocenters. The second kappa shape index (κ2) is 19.8. The van der Waals surface area contributed by atoms with Gasteiger partial charge < -0.3 is 58.7 Å². The largest absolute Gasteiger partial charge is 0.370 e. The predicted molar refractivity (Wildman–Crippen MR) is 188 cm³/mol. The zero-order valence-corrected chi connectivity index (χ0v) is 29.7. The molecule has 1 aliphatic rings. The number of rotatable bonds is 20. The van der Waals surface area contributed by atoms with Crippen molar-refractivity contribution in [1.29, 1.82) is 5.41 Å². The van der Waals surface area contributed by atoms with E-state index in [0.29, 0.717) is 43.6 Å². The minimum Gasteiger partial charge on any atom is -0.370 e. The smallest absolute Gasteiger partial charge is 0.243 e. The van der Waals surface area contributed by atoms with E-state index >= 15 is 0 Å². The van der Waals surface area contributed by atoms with E-state index in [-0.39, 0.29) is 37.7 Å². The van der Waals surface area contributed by atoms with Gasteiger partial charge in [-0.25, -0.2) is 9.97 Å². The third-order valence-corrected chi connectivity index (χ3v) is 8.93. The first-order valence-corrected chi connectivity index (χ1v) is 17.3. The van der Waals surface area contributed by atoms with Gasteiger partial charge in [-0.2, -0.15) is 0 Å². The van der Waals surface area contributed by atoms with Crippen molar-refractivity contribution in [2.24, 2.45) is 23.1 Å². The van der Waals surface area contributed by atoms with Crippen LogP contribution in [0.3, 0.4) is 0 Å². The van der Waals surface area contributed by atoms with Gasteiger partial charge in [0.25, 0.3) is 0 Å². The number of likely N-dealkylation sites (tertiary alicyclic amines) is 1. The number of aromatic amines is 2. The summed E-state index contributed by atoms with van der Waals surface area (Å²) in [6.07, 6.45) is 8.14. The average Bonchev–Trinajstić information content (AvgIpc) is 3.91. The Morgan fingerprint density at radius 1 is 0.923 bits per heavy atom. The number of hydrogen-bond donors (Lipinski definition) is 11. The second-order valence-corrected chi connectivity index (χ2v) is 12.9. The van der Waals surface area contributed by atoms with Gasteiger partial charge in [0.15, 0.2) is 5.96 Å². The fraction of sp³-hybridized carbons (Fsp3) is 0.594.